The van der Waals surface area contributed by atoms with Crippen molar-refractivity contribution in [2.45, 2.75) is 103 Å². The van der Waals surface area contributed by atoms with Gasteiger partial charge in [-0.2, -0.15) is 0 Å². The SMILES string of the molecule is CC(C)C[C@H](N)C(=O)N[C@H](C(=O)N[C@@H](CO)C(=O)N[C@@H](CCCNC(=N)N)C(=O)NCC(=O)N[C@@H](C)C(=O)N[C@@H](C)C(=O)N[C@@H](CO)C(=O)O)C(C)C. The summed E-state index contributed by atoms with van der Waals surface area (Å²) in [6.07, 6.45) is 0.500. The van der Waals surface area contributed by atoms with Crippen molar-refractivity contribution in [1.29, 1.82) is 5.41 Å². The Morgan fingerprint density at radius 3 is 1.68 bits per heavy atom. The minimum Gasteiger partial charge on any atom is -0.480 e. The molecule has 0 aliphatic carbocycles. The lowest BCUT2D eigenvalue weighted by atomic mass is 10.00. The minimum absolute atomic E-state index is 0.0538. The maximum Gasteiger partial charge on any atom is 0.328 e. The van der Waals surface area contributed by atoms with Gasteiger partial charge >= 0.3 is 5.97 Å². The van der Waals surface area contributed by atoms with Crippen LogP contribution in [0.4, 0.5) is 0 Å². The van der Waals surface area contributed by atoms with Crippen LogP contribution in [0.15, 0.2) is 0 Å². The lowest BCUT2D eigenvalue weighted by molar-refractivity contribution is -0.143. The third-order valence-electron chi connectivity index (χ3n) is 7.49. The van der Waals surface area contributed by atoms with Crippen molar-refractivity contribution < 1.29 is 53.7 Å². The fraction of sp³-hybridized carbons (Fsp3) is 0.710. The van der Waals surface area contributed by atoms with Crippen molar-refractivity contribution in [3.63, 3.8) is 0 Å². The number of aliphatic hydroxyl groups is 2. The smallest absolute Gasteiger partial charge is 0.328 e. The minimum atomic E-state index is -1.59. The highest BCUT2D eigenvalue weighted by molar-refractivity contribution is 5.96. The molecule has 22 heteroatoms. The van der Waals surface area contributed by atoms with Crippen molar-refractivity contribution in [3.8, 4) is 0 Å². The molecule has 0 aliphatic heterocycles. The number of hydrogen-bond donors (Lipinski definition) is 14. The Bertz CT molecular complexity index is 1300. The van der Waals surface area contributed by atoms with Crippen LogP contribution in [-0.4, -0.2) is 137 Å². The van der Waals surface area contributed by atoms with E-state index < -0.39 is 115 Å². The monoisotopic (exact) mass is 759 g/mol. The van der Waals surface area contributed by atoms with E-state index in [0.717, 1.165) is 0 Å². The first-order valence-electron chi connectivity index (χ1n) is 17.0. The maximum absolute atomic E-state index is 13.2. The van der Waals surface area contributed by atoms with Gasteiger partial charge in [0.1, 0.15) is 36.3 Å². The maximum atomic E-state index is 13.2. The summed E-state index contributed by atoms with van der Waals surface area (Å²) in [6.45, 7) is 7.29. The van der Waals surface area contributed by atoms with Crippen molar-refractivity contribution in [1.82, 2.24) is 42.5 Å². The second kappa shape index (κ2) is 24.2. The van der Waals surface area contributed by atoms with Crippen LogP contribution in [0.25, 0.3) is 0 Å². The van der Waals surface area contributed by atoms with Gasteiger partial charge in [0, 0.05) is 6.54 Å². The molecule has 16 N–H and O–H groups in total. The number of rotatable bonds is 24. The summed E-state index contributed by atoms with van der Waals surface area (Å²) in [5.74, 6) is -7.92. The largest absolute Gasteiger partial charge is 0.480 e. The average molecular weight is 760 g/mol. The summed E-state index contributed by atoms with van der Waals surface area (Å²) in [5, 5.41) is 54.1. The zero-order valence-electron chi connectivity index (χ0n) is 30.9. The summed E-state index contributed by atoms with van der Waals surface area (Å²) in [6, 6.07) is -8.93. The molecular formula is C31H57N11O11. The van der Waals surface area contributed by atoms with Gasteiger partial charge in [0.15, 0.2) is 5.96 Å². The molecule has 0 unspecified atom stereocenters. The molecule has 53 heavy (non-hydrogen) atoms. The Labute approximate surface area is 307 Å². The number of amides is 7. The van der Waals surface area contributed by atoms with Gasteiger partial charge in [0.05, 0.1) is 25.8 Å². The van der Waals surface area contributed by atoms with E-state index in [2.05, 4.69) is 37.2 Å². The van der Waals surface area contributed by atoms with Gasteiger partial charge in [-0.15, -0.1) is 0 Å². The highest BCUT2D eigenvalue weighted by atomic mass is 16.4. The summed E-state index contributed by atoms with van der Waals surface area (Å²) >= 11 is 0. The predicted octanol–water partition coefficient (Wildman–Crippen LogP) is -5.59. The van der Waals surface area contributed by atoms with Crippen LogP contribution in [0.1, 0.15) is 60.8 Å². The molecule has 0 radical (unpaired) electrons. The molecule has 0 spiro atoms. The zero-order chi connectivity index (χ0) is 41.0. The summed E-state index contributed by atoms with van der Waals surface area (Å²) in [4.78, 5) is 100. The first-order valence-corrected chi connectivity index (χ1v) is 17.0. The number of aliphatic carboxylic acids is 1. The predicted molar refractivity (Wildman–Crippen MR) is 189 cm³/mol. The molecular weight excluding hydrogens is 702 g/mol. The molecule has 0 saturated heterocycles. The zero-order valence-corrected chi connectivity index (χ0v) is 30.9. The van der Waals surface area contributed by atoms with Crippen molar-refractivity contribution in [2.75, 3.05) is 26.3 Å². The Morgan fingerprint density at radius 2 is 1.17 bits per heavy atom. The van der Waals surface area contributed by atoms with Gasteiger partial charge in [-0.05, 0) is 44.9 Å². The van der Waals surface area contributed by atoms with Crippen LogP contribution in [0, 0.1) is 17.2 Å². The van der Waals surface area contributed by atoms with Gasteiger partial charge in [-0.3, -0.25) is 39.0 Å². The van der Waals surface area contributed by atoms with E-state index >= 15 is 0 Å². The Hall–Kier alpha value is -5.09. The third-order valence-corrected chi connectivity index (χ3v) is 7.49. The lowest BCUT2D eigenvalue weighted by Crippen LogP contribution is -2.60. The molecule has 22 nitrogen and oxygen atoms in total. The molecule has 0 bridgehead atoms. The Balaban J connectivity index is 5.51. The highest BCUT2D eigenvalue weighted by Crippen LogP contribution is 2.07. The van der Waals surface area contributed by atoms with Gasteiger partial charge < -0.3 is 69.3 Å². The topological polar surface area (TPSA) is 369 Å². The number of guanidine groups is 1. The molecule has 302 valence electrons. The molecule has 7 atom stereocenters. The summed E-state index contributed by atoms with van der Waals surface area (Å²) in [7, 11) is 0. The van der Waals surface area contributed by atoms with Crippen LogP contribution < -0.4 is 54.0 Å². The van der Waals surface area contributed by atoms with Crippen LogP contribution in [-0.2, 0) is 38.4 Å². The highest BCUT2D eigenvalue weighted by Gasteiger charge is 2.32. The number of carboxylic acids is 1. The van der Waals surface area contributed by atoms with Crippen LogP contribution in [0.5, 0.6) is 0 Å². The molecule has 0 rings (SSSR count). The van der Waals surface area contributed by atoms with E-state index in [9.17, 15) is 43.5 Å². The average Bonchev–Trinajstić information content (AvgIpc) is 3.07. The standard InChI is InChI=1S/C31H57N11O11/c1-14(2)10-18(32)26(48)42-23(15(3)4)29(51)40-20(12-43)28(50)39-19(8-7-9-35-31(33)34)27(49)36-11-22(45)37-16(5)24(46)38-17(6)25(47)41-21(13-44)30(52)53/h14-21,23,43-44H,7-13,32H2,1-6H3,(H,36,49)(H,37,45)(H,38,46)(H,39,50)(H,40,51)(H,41,47)(H,42,48)(H,52,53)(H4,33,34,35)/t16-,17-,18-,19-,20-,21-,23-/m0/s1. The molecule has 0 aliphatic rings. The van der Waals surface area contributed by atoms with Crippen molar-refractivity contribution in [2.24, 2.45) is 23.3 Å². The number of aliphatic hydroxyl groups excluding tert-OH is 2. The Morgan fingerprint density at radius 1 is 0.642 bits per heavy atom. The van der Waals surface area contributed by atoms with Crippen LogP contribution >= 0.6 is 0 Å². The number of hydrogen-bond acceptors (Lipinski definition) is 12. The van der Waals surface area contributed by atoms with E-state index in [1.807, 2.05) is 19.2 Å². The lowest BCUT2D eigenvalue weighted by Gasteiger charge is -2.27. The quantitative estimate of drug-likeness (QED) is 0.0248. The van der Waals surface area contributed by atoms with E-state index in [-0.39, 0.29) is 31.3 Å². The fourth-order valence-electron chi connectivity index (χ4n) is 4.47. The Kier molecular flexibility index (Phi) is 21.9. The second-order valence-electron chi connectivity index (χ2n) is 13.1. The second-order valence-corrected chi connectivity index (χ2v) is 13.1. The van der Waals surface area contributed by atoms with Gasteiger partial charge in [0.2, 0.25) is 41.4 Å². The van der Waals surface area contributed by atoms with Crippen LogP contribution in [0.3, 0.4) is 0 Å². The molecule has 0 heterocycles. The molecule has 0 aromatic heterocycles. The normalized spacial score (nSPS) is 14.9. The first kappa shape index (κ1) is 47.9. The van der Waals surface area contributed by atoms with E-state index in [1.165, 1.54) is 13.8 Å². The molecule has 0 saturated carbocycles. The van der Waals surface area contributed by atoms with Crippen molar-refractivity contribution in [3.05, 3.63) is 0 Å². The fourth-order valence-corrected chi connectivity index (χ4v) is 4.47. The number of carbonyl (C=O) groups is 8. The van der Waals surface area contributed by atoms with Gasteiger partial charge in [0.25, 0.3) is 0 Å². The molecule has 7 amide bonds. The molecule has 0 aromatic carbocycles. The van der Waals surface area contributed by atoms with Crippen LogP contribution in [0.2, 0.25) is 0 Å². The van der Waals surface area contributed by atoms with Crippen molar-refractivity contribution >= 4 is 53.3 Å². The molecule has 0 fully saturated rings. The molecule has 0 aromatic rings. The summed E-state index contributed by atoms with van der Waals surface area (Å²) in [5.41, 5.74) is 11.2. The number of nitrogens with one attached hydrogen (secondary N) is 9. The summed E-state index contributed by atoms with van der Waals surface area (Å²) < 4.78 is 0. The van der Waals surface area contributed by atoms with E-state index in [0.29, 0.717) is 6.42 Å². The van der Waals surface area contributed by atoms with E-state index in [4.69, 9.17) is 27.1 Å². The number of carboxylic acid groups (broad SMARTS) is 1. The number of carbonyl (C=O) groups excluding carboxylic acids is 7. The number of nitrogens with two attached hydrogens (primary N) is 2. The third kappa shape index (κ3) is 18.8. The van der Waals surface area contributed by atoms with Gasteiger partial charge in [-0.1, -0.05) is 27.7 Å². The first-order chi connectivity index (χ1) is 24.6. The van der Waals surface area contributed by atoms with E-state index in [1.54, 1.807) is 13.8 Å². The van der Waals surface area contributed by atoms with Gasteiger partial charge in [-0.25, -0.2) is 4.79 Å².